The number of methoxy groups -OCH3 is 1. The minimum absolute atomic E-state index is 0.0940. The number of halogens is 1. The predicted octanol–water partition coefficient (Wildman–Crippen LogP) is 3.04. The first-order valence-electron chi connectivity index (χ1n) is 6.05. The van der Waals surface area contributed by atoms with E-state index >= 15 is 0 Å². The Hall–Kier alpha value is -1.71. The molecule has 5 nitrogen and oxygen atoms in total. The van der Waals surface area contributed by atoms with Crippen molar-refractivity contribution in [2.24, 2.45) is 0 Å². The summed E-state index contributed by atoms with van der Waals surface area (Å²) < 4.78 is 33.6. The molecule has 0 aliphatic carbocycles. The third kappa shape index (κ3) is 4.66. The van der Waals surface area contributed by atoms with E-state index in [9.17, 15) is 8.42 Å². The van der Waals surface area contributed by atoms with Gasteiger partial charge in [0.15, 0.2) is 21.3 Å². The number of nitrogens with zero attached hydrogens (tertiary/aromatic N) is 1. The molecule has 7 heteroatoms. The largest absolute Gasteiger partial charge is 0.493 e. The molecule has 1 aromatic rings. The quantitative estimate of drug-likeness (QED) is 0.776. The zero-order valence-corrected chi connectivity index (χ0v) is 13.7. The van der Waals surface area contributed by atoms with E-state index in [0.717, 1.165) is 6.26 Å². The summed E-state index contributed by atoms with van der Waals surface area (Å²) in [6, 6.07) is 4.73. The Kier molecular flexibility index (Phi) is 5.64. The fourth-order valence-electron chi connectivity index (χ4n) is 1.55. The Balaban J connectivity index is 3.40. The fraction of sp³-hybridized carbons (Fsp3) is 0.357. The minimum atomic E-state index is -3.59. The summed E-state index contributed by atoms with van der Waals surface area (Å²) >= 11 is 6.13. The molecular weight excluding hydrogens is 314 g/mol. The maximum absolute atomic E-state index is 11.4. The van der Waals surface area contributed by atoms with E-state index in [1.165, 1.54) is 19.3 Å². The summed E-state index contributed by atoms with van der Waals surface area (Å²) in [6.07, 6.45) is 2.11. The van der Waals surface area contributed by atoms with Crippen molar-refractivity contribution in [2.75, 3.05) is 13.4 Å². The SMILES string of the molecule is COc1cc(/C=C(\C#N)S(C)(=O)=O)cc(Cl)c1OC(C)C. The molecule has 0 amide bonds. The van der Waals surface area contributed by atoms with Crippen LogP contribution in [0.15, 0.2) is 17.0 Å². The van der Waals surface area contributed by atoms with Crippen LogP contribution in [0.5, 0.6) is 11.5 Å². The summed E-state index contributed by atoms with van der Waals surface area (Å²) in [5.41, 5.74) is 0.440. The number of rotatable bonds is 5. The molecular formula is C14H16ClNO4S. The number of allylic oxidation sites excluding steroid dienone is 1. The molecule has 1 rings (SSSR count). The lowest BCUT2D eigenvalue weighted by atomic mass is 10.2. The molecule has 21 heavy (non-hydrogen) atoms. The van der Waals surface area contributed by atoms with E-state index in [4.69, 9.17) is 26.3 Å². The summed E-state index contributed by atoms with van der Waals surface area (Å²) in [5.74, 6) is 0.748. The Morgan fingerprint density at radius 1 is 1.43 bits per heavy atom. The molecule has 0 spiro atoms. The Bertz CT molecular complexity index is 702. The molecule has 114 valence electrons. The molecule has 0 saturated heterocycles. The molecule has 0 heterocycles. The number of benzene rings is 1. The number of nitriles is 1. The van der Waals surface area contributed by atoms with Crippen molar-refractivity contribution in [3.05, 3.63) is 27.6 Å². The Labute approximate surface area is 129 Å². The van der Waals surface area contributed by atoms with Crippen molar-refractivity contribution in [1.29, 1.82) is 5.26 Å². The zero-order valence-electron chi connectivity index (χ0n) is 12.2. The highest BCUT2D eigenvalue weighted by atomic mass is 35.5. The van der Waals surface area contributed by atoms with Gasteiger partial charge < -0.3 is 9.47 Å². The standard InChI is InChI=1S/C14H16ClNO4S/c1-9(2)20-14-12(15)6-10(7-13(14)19-3)5-11(8-16)21(4,17)18/h5-7,9H,1-4H3/b11-5+. The van der Waals surface area contributed by atoms with Crippen LogP contribution in [0, 0.1) is 11.3 Å². The highest BCUT2D eigenvalue weighted by Crippen LogP contribution is 2.37. The third-order valence-electron chi connectivity index (χ3n) is 2.41. The monoisotopic (exact) mass is 329 g/mol. The first kappa shape index (κ1) is 17.3. The van der Waals surface area contributed by atoms with Crippen molar-refractivity contribution in [1.82, 2.24) is 0 Å². The van der Waals surface area contributed by atoms with Gasteiger partial charge in [0.1, 0.15) is 11.0 Å². The lowest BCUT2D eigenvalue weighted by Gasteiger charge is -2.15. The number of hydrogen-bond donors (Lipinski definition) is 0. The van der Waals surface area contributed by atoms with Gasteiger partial charge in [-0.3, -0.25) is 0 Å². The lowest BCUT2D eigenvalue weighted by Crippen LogP contribution is -2.07. The lowest BCUT2D eigenvalue weighted by molar-refractivity contribution is 0.230. The van der Waals surface area contributed by atoms with Crippen molar-refractivity contribution in [3.63, 3.8) is 0 Å². The Morgan fingerprint density at radius 3 is 2.48 bits per heavy atom. The van der Waals surface area contributed by atoms with Gasteiger partial charge in [-0.1, -0.05) is 11.6 Å². The van der Waals surface area contributed by atoms with Gasteiger partial charge in [0.25, 0.3) is 0 Å². The highest BCUT2D eigenvalue weighted by Gasteiger charge is 2.15. The topological polar surface area (TPSA) is 76.4 Å². The zero-order chi connectivity index (χ0) is 16.2. The molecule has 0 atom stereocenters. The van der Waals surface area contributed by atoms with Crippen LogP contribution in [0.1, 0.15) is 19.4 Å². The molecule has 0 aliphatic rings. The summed E-state index contributed by atoms with van der Waals surface area (Å²) in [6.45, 7) is 3.70. The molecule has 0 unspecified atom stereocenters. The van der Waals surface area contributed by atoms with Crippen LogP contribution in [0.4, 0.5) is 0 Å². The average molecular weight is 330 g/mol. The van der Waals surface area contributed by atoms with E-state index in [1.54, 1.807) is 12.1 Å². The summed E-state index contributed by atoms with van der Waals surface area (Å²) in [7, 11) is -2.14. The first-order valence-corrected chi connectivity index (χ1v) is 8.32. The van der Waals surface area contributed by atoms with Crippen LogP contribution in [0.2, 0.25) is 5.02 Å². The van der Waals surface area contributed by atoms with Crippen LogP contribution in [0.25, 0.3) is 6.08 Å². The maximum atomic E-state index is 11.4. The van der Waals surface area contributed by atoms with Crippen LogP contribution < -0.4 is 9.47 Å². The van der Waals surface area contributed by atoms with Crippen LogP contribution in [-0.2, 0) is 9.84 Å². The van der Waals surface area contributed by atoms with Crippen molar-refractivity contribution in [3.8, 4) is 17.6 Å². The predicted molar refractivity (Wildman–Crippen MR) is 82.2 cm³/mol. The van der Waals surface area contributed by atoms with Crippen molar-refractivity contribution >= 4 is 27.5 Å². The van der Waals surface area contributed by atoms with E-state index in [-0.39, 0.29) is 16.0 Å². The maximum Gasteiger partial charge on any atom is 0.185 e. The minimum Gasteiger partial charge on any atom is -0.493 e. The normalized spacial score (nSPS) is 12.1. The molecule has 0 saturated carbocycles. The van der Waals surface area contributed by atoms with Crippen LogP contribution in [-0.4, -0.2) is 27.9 Å². The van der Waals surface area contributed by atoms with Crippen molar-refractivity contribution in [2.45, 2.75) is 20.0 Å². The second kappa shape index (κ2) is 6.83. The van der Waals surface area contributed by atoms with Crippen molar-refractivity contribution < 1.29 is 17.9 Å². The third-order valence-corrected chi connectivity index (χ3v) is 3.70. The first-order chi connectivity index (χ1) is 9.68. The van der Waals surface area contributed by atoms with Gasteiger partial charge in [0.2, 0.25) is 0 Å². The summed E-state index contributed by atoms with van der Waals surface area (Å²) in [4.78, 5) is -0.349. The van der Waals surface area contributed by atoms with E-state index in [2.05, 4.69) is 0 Å². The van der Waals surface area contributed by atoms with E-state index < -0.39 is 9.84 Å². The van der Waals surface area contributed by atoms with Gasteiger partial charge in [0, 0.05) is 6.26 Å². The van der Waals surface area contributed by atoms with E-state index in [1.807, 2.05) is 13.8 Å². The van der Waals surface area contributed by atoms with Crippen LogP contribution in [0.3, 0.4) is 0 Å². The molecule has 0 bridgehead atoms. The Morgan fingerprint density at radius 2 is 2.05 bits per heavy atom. The van der Waals surface area contributed by atoms with Gasteiger partial charge in [-0.15, -0.1) is 0 Å². The highest BCUT2D eigenvalue weighted by molar-refractivity contribution is 7.95. The number of hydrogen-bond acceptors (Lipinski definition) is 5. The van der Waals surface area contributed by atoms with Crippen LogP contribution >= 0.6 is 11.6 Å². The second-order valence-electron chi connectivity index (χ2n) is 4.59. The molecule has 0 radical (unpaired) electrons. The van der Waals surface area contributed by atoms with Gasteiger partial charge in [-0.25, -0.2) is 8.42 Å². The fourth-order valence-corrected chi connectivity index (χ4v) is 2.33. The number of sulfone groups is 1. The van der Waals surface area contributed by atoms with Gasteiger partial charge in [-0.05, 0) is 37.6 Å². The molecule has 0 fully saturated rings. The second-order valence-corrected chi connectivity index (χ2v) is 6.98. The molecule has 0 N–H and O–H groups in total. The molecule has 0 aromatic heterocycles. The summed E-state index contributed by atoms with van der Waals surface area (Å²) in [5, 5.41) is 9.18. The number of ether oxygens (including phenoxy) is 2. The van der Waals surface area contributed by atoms with E-state index in [0.29, 0.717) is 17.1 Å². The average Bonchev–Trinajstić information content (AvgIpc) is 2.36. The molecule has 1 aromatic carbocycles. The van der Waals surface area contributed by atoms with Gasteiger partial charge >= 0.3 is 0 Å². The molecule has 0 aliphatic heterocycles. The van der Waals surface area contributed by atoms with Gasteiger partial charge in [-0.2, -0.15) is 5.26 Å². The smallest absolute Gasteiger partial charge is 0.185 e. The van der Waals surface area contributed by atoms with Gasteiger partial charge in [0.05, 0.1) is 18.2 Å².